The second-order valence-corrected chi connectivity index (χ2v) is 8.20. The van der Waals surface area contributed by atoms with Gasteiger partial charge in [-0.3, -0.25) is 19.7 Å². The van der Waals surface area contributed by atoms with Gasteiger partial charge in [-0.15, -0.1) is 11.3 Å². The predicted molar refractivity (Wildman–Crippen MR) is 118 cm³/mol. The summed E-state index contributed by atoms with van der Waals surface area (Å²) in [6.07, 6.45) is 8.58. The number of aromatic nitrogens is 5. The SMILES string of the molecule is NC(=O)CCCCC[C@H](NC(=O)c1cncs1)c1ncc(-c2ccc3[nH]ncc3c2)[nH]1. The van der Waals surface area contributed by atoms with Crippen LogP contribution < -0.4 is 11.1 Å². The van der Waals surface area contributed by atoms with E-state index in [1.54, 1.807) is 24.1 Å². The largest absolute Gasteiger partial charge is 0.370 e. The summed E-state index contributed by atoms with van der Waals surface area (Å²) < 4.78 is 0. The minimum atomic E-state index is -0.291. The van der Waals surface area contributed by atoms with Crippen LogP contribution >= 0.6 is 11.3 Å². The lowest BCUT2D eigenvalue weighted by Gasteiger charge is -2.16. The molecule has 5 N–H and O–H groups in total. The number of nitrogens with two attached hydrogens (primary N) is 1. The van der Waals surface area contributed by atoms with Gasteiger partial charge < -0.3 is 16.0 Å². The normalized spacial score (nSPS) is 12.1. The molecule has 160 valence electrons. The standard InChI is InChI=1S/C21H23N7O2S/c22-19(29)5-3-1-2-4-16(27-21(30)18-11-23-12-31-18)20-24-10-17(26-20)13-6-7-15-14(8-13)9-25-28-15/h6-12,16H,1-5H2,(H2,22,29)(H,24,26)(H,25,28)(H,27,30)/t16-/m0/s1. The number of rotatable bonds is 10. The van der Waals surface area contributed by atoms with Gasteiger partial charge in [0.2, 0.25) is 5.91 Å². The monoisotopic (exact) mass is 437 g/mol. The molecule has 3 heterocycles. The molecule has 3 aromatic heterocycles. The van der Waals surface area contributed by atoms with Gasteiger partial charge >= 0.3 is 0 Å². The van der Waals surface area contributed by atoms with E-state index in [0.717, 1.165) is 41.4 Å². The number of carbonyl (C=O) groups excluding carboxylic acids is 2. The van der Waals surface area contributed by atoms with E-state index in [0.29, 0.717) is 23.5 Å². The van der Waals surface area contributed by atoms with Crippen LogP contribution in [-0.4, -0.2) is 37.0 Å². The summed E-state index contributed by atoms with van der Waals surface area (Å²) in [6, 6.07) is 5.71. The first-order valence-electron chi connectivity index (χ1n) is 10.1. The fourth-order valence-electron chi connectivity index (χ4n) is 3.43. The van der Waals surface area contributed by atoms with Crippen molar-refractivity contribution in [2.45, 2.75) is 38.1 Å². The lowest BCUT2D eigenvalue weighted by atomic mass is 10.1. The molecule has 0 radical (unpaired) electrons. The number of fused-ring (bicyclic) bond motifs is 1. The number of hydrogen-bond donors (Lipinski definition) is 4. The topological polar surface area (TPSA) is 142 Å². The number of carbonyl (C=O) groups is 2. The molecule has 1 aromatic carbocycles. The van der Waals surface area contributed by atoms with E-state index in [2.05, 4.69) is 30.5 Å². The van der Waals surface area contributed by atoms with Gasteiger partial charge in [-0.05, 0) is 25.0 Å². The van der Waals surface area contributed by atoms with Gasteiger partial charge in [-0.2, -0.15) is 5.10 Å². The number of nitrogens with zero attached hydrogens (tertiary/aromatic N) is 3. The highest BCUT2D eigenvalue weighted by molar-refractivity contribution is 7.11. The molecule has 0 aliphatic rings. The summed E-state index contributed by atoms with van der Waals surface area (Å²) in [5, 5.41) is 11.1. The minimum Gasteiger partial charge on any atom is -0.370 e. The van der Waals surface area contributed by atoms with Crippen molar-refractivity contribution in [1.29, 1.82) is 0 Å². The van der Waals surface area contributed by atoms with Gasteiger partial charge in [0.1, 0.15) is 10.7 Å². The molecule has 1 atom stereocenters. The van der Waals surface area contributed by atoms with Crippen LogP contribution in [0.15, 0.2) is 42.3 Å². The molecule has 4 rings (SSSR count). The lowest BCUT2D eigenvalue weighted by molar-refractivity contribution is -0.118. The van der Waals surface area contributed by atoms with Crippen LogP contribution in [0.2, 0.25) is 0 Å². The Bertz CT molecular complexity index is 1170. The van der Waals surface area contributed by atoms with Gasteiger partial charge in [-0.1, -0.05) is 18.9 Å². The van der Waals surface area contributed by atoms with Gasteiger partial charge in [-0.25, -0.2) is 4.98 Å². The summed E-state index contributed by atoms with van der Waals surface area (Å²) >= 11 is 1.29. The molecule has 0 saturated heterocycles. The number of imidazole rings is 1. The average molecular weight is 438 g/mol. The van der Waals surface area contributed by atoms with E-state index >= 15 is 0 Å². The number of nitrogens with one attached hydrogen (secondary N) is 3. The van der Waals surface area contributed by atoms with E-state index in [-0.39, 0.29) is 17.9 Å². The molecule has 9 nitrogen and oxygen atoms in total. The molecule has 0 aliphatic heterocycles. The minimum absolute atomic E-state index is 0.178. The smallest absolute Gasteiger partial charge is 0.263 e. The van der Waals surface area contributed by atoms with Crippen molar-refractivity contribution in [3.63, 3.8) is 0 Å². The Kier molecular flexibility index (Phi) is 6.37. The molecular formula is C21H23N7O2S. The Balaban J connectivity index is 1.49. The summed E-state index contributed by atoms with van der Waals surface area (Å²) in [5.41, 5.74) is 9.66. The van der Waals surface area contributed by atoms with Crippen molar-refractivity contribution >= 4 is 34.1 Å². The Hall–Kier alpha value is -3.53. The third kappa shape index (κ3) is 5.15. The zero-order valence-electron chi connectivity index (χ0n) is 16.8. The van der Waals surface area contributed by atoms with Crippen molar-refractivity contribution < 1.29 is 9.59 Å². The maximum Gasteiger partial charge on any atom is 0.263 e. The molecule has 0 fully saturated rings. The van der Waals surface area contributed by atoms with E-state index in [1.807, 2.05) is 18.2 Å². The molecule has 4 aromatic rings. The molecule has 0 spiro atoms. The summed E-state index contributed by atoms with van der Waals surface area (Å²) in [4.78, 5) is 36.0. The predicted octanol–water partition coefficient (Wildman–Crippen LogP) is 3.32. The Morgan fingerprint density at radius 1 is 1.16 bits per heavy atom. The summed E-state index contributed by atoms with van der Waals surface area (Å²) in [5.74, 6) is 0.220. The highest BCUT2D eigenvalue weighted by Crippen LogP contribution is 2.25. The first-order valence-corrected chi connectivity index (χ1v) is 10.9. The fourth-order valence-corrected chi connectivity index (χ4v) is 3.95. The van der Waals surface area contributed by atoms with Gasteiger partial charge in [0.15, 0.2) is 0 Å². The van der Waals surface area contributed by atoms with E-state index in [4.69, 9.17) is 5.73 Å². The van der Waals surface area contributed by atoms with Crippen LogP contribution in [0.4, 0.5) is 0 Å². The van der Waals surface area contributed by atoms with Gasteiger partial charge in [0, 0.05) is 17.4 Å². The average Bonchev–Trinajstić information content (AvgIpc) is 3.53. The van der Waals surface area contributed by atoms with Crippen LogP contribution in [0.25, 0.3) is 22.2 Å². The number of H-pyrrole nitrogens is 2. The third-order valence-corrected chi connectivity index (χ3v) is 5.83. The molecule has 0 saturated carbocycles. The number of aromatic amines is 2. The van der Waals surface area contributed by atoms with Crippen LogP contribution in [-0.2, 0) is 4.79 Å². The Labute approximate surface area is 182 Å². The Morgan fingerprint density at radius 2 is 2.06 bits per heavy atom. The van der Waals surface area contributed by atoms with Crippen molar-refractivity contribution in [1.82, 2.24) is 30.5 Å². The third-order valence-electron chi connectivity index (χ3n) is 5.05. The van der Waals surface area contributed by atoms with Crippen molar-refractivity contribution in [2.75, 3.05) is 0 Å². The van der Waals surface area contributed by atoms with Crippen molar-refractivity contribution in [2.24, 2.45) is 5.73 Å². The molecule has 31 heavy (non-hydrogen) atoms. The highest BCUT2D eigenvalue weighted by atomic mass is 32.1. The van der Waals surface area contributed by atoms with Crippen molar-refractivity contribution in [3.8, 4) is 11.3 Å². The molecular weight excluding hydrogens is 414 g/mol. The maximum absolute atomic E-state index is 12.6. The first-order chi connectivity index (χ1) is 15.1. The highest BCUT2D eigenvalue weighted by Gasteiger charge is 2.20. The number of unbranched alkanes of at least 4 members (excludes halogenated alkanes) is 2. The van der Waals surface area contributed by atoms with Gasteiger partial charge in [0.25, 0.3) is 5.91 Å². The Morgan fingerprint density at radius 3 is 2.87 bits per heavy atom. The van der Waals surface area contributed by atoms with E-state index in [9.17, 15) is 9.59 Å². The van der Waals surface area contributed by atoms with Gasteiger partial charge in [0.05, 0.1) is 41.4 Å². The van der Waals surface area contributed by atoms with Crippen LogP contribution in [0.3, 0.4) is 0 Å². The number of benzene rings is 1. The zero-order valence-corrected chi connectivity index (χ0v) is 17.6. The van der Waals surface area contributed by atoms with Crippen LogP contribution in [0, 0.1) is 0 Å². The van der Waals surface area contributed by atoms with Crippen molar-refractivity contribution in [3.05, 3.63) is 53.0 Å². The number of hydrogen-bond acceptors (Lipinski definition) is 6. The molecule has 10 heteroatoms. The van der Waals surface area contributed by atoms with Crippen LogP contribution in [0.1, 0.15) is 53.6 Å². The lowest BCUT2D eigenvalue weighted by Crippen LogP contribution is -2.28. The molecule has 0 bridgehead atoms. The maximum atomic E-state index is 12.6. The second kappa shape index (κ2) is 9.52. The number of primary amides is 1. The quantitative estimate of drug-likeness (QED) is 0.282. The van der Waals surface area contributed by atoms with E-state index < -0.39 is 0 Å². The van der Waals surface area contributed by atoms with E-state index in [1.165, 1.54) is 11.3 Å². The summed E-state index contributed by atoms with van der Waals surface area (Å²) in [7, 11) is 0. The fraction of sp³-hybridized carbons (Fsp3) is 0.286. The first kappa shape index (κ1) is 20.7. The molecule has 2 amide bonds. The molecule has 0 aliphatic carbocycles. The molecule has 0 unspecified atom stereocenters. The number of amides is 2. The number of thiazole rings is 1. The van der Waals surface area contributed by atoms with Crippen LogP contribution in [0.5, 0.6) is 0 Å². The zero-order chi connectivity index (χ0) is 21.6. The summed E-state index contributed by atoms with van der Waals surface area (Å²) in [6.45, 7) is 0. The second-order valence-electron chi connectivity index (χ2n) is 7.31.